The van der Waals surface area contributed by atoms with Gasteiger partial charge in [-0.2, -0.15) is 0 Å². The van der Waals surface area contributed by atoms with E-state index in [1.165, 1.54) is 11.3 Å². The van der Waals surface area contributed by atoms with Crippen LogP contribution in [0, 0.1) is 13.8 Å². The van der Waals surface area contributed by atoms with Crippen LogP contribution in [0.5, 0.6) is 11.5 Å². The number of carbonyl (C=O) groups is 1. The van der Waals surface area contributed by atoms with Gasteiger partial charge in [0.25, 0.3) is 5.56 Å². The number of halogens is 1. The molecule has 0 spiro atoms. The van der Waals surface area contributed by atoms with Crippen molar-refractivity contribution in [1.82, 2.24) is 9.13 Å². The number of rotatable bonds is 5. The molecule has 0 radical (unpaired) electrons. The van der Waals surface area contributed by atoms with Crippen LogP contribution >= 0.6 is 22.9 Å². The Morgan fingerprint density at radius 1 is 1.12 bits per heavy atom. The largest absolute Gasteiger partial charge is 0.463 e. The second-order valence-electron chi connectivity index (χ2n) is 9.55. The normalized spacial score (nSPS) is 16.2. The molecular weight excluding hydrogens is 550 g/mol. The maximum absolute atomic E-state index is 14.0. The van der Waals surface area contributed by atoms with E-state index in [9.17, 15) is 9.59 Å². The van der Waals surface area contributed by atoms with Crippen LogP contribution in [0.4, 0.5) is 0 Å². The van der Waals surface area contributed by atoms with Gasteiger partial charge in [0.1, 0.15) is 0 Å². The fourth-order valence-electron chi connectivity index (χ4n) is 5.25. The van der Waals surface area contributed by atoms with Crippen molar-refractivity contribution in [1.29, 1.82) is 0 Å². The summed E-state index contributed by atoms with van der Waals surface area (Å²) < 4.78 is 20.7. The Morgan fingerprint density at radius 2 is 1.88 bits per heavy atom. The summed E-state index contributed by atoms with van der Waals surface area (Å²) >= 11 is 7.39. The molecule has 1 atom stereocenters. The van der Waals surface area contributed by atoms with Gasteiger partial charge in [0.2, 0.25) is 6.79 Å². The molecule has 2 aromatic heterocycles. The smallest absolute Gasteiger partial charge is 0.338 e. The van der Waals surface area contributed by atoms with Crippen molar-refractivity contribution >= 4 is 35.0 Å². The number of nitrogens with zero attached hydrogens (tertiary/aromatic N) is 3. The van der Waals surface area contributed by atoms with Crippen LogP contribution in [0.25, 0.3) is 11.8 Å². The minimum atomic E-state index is -0.728. The SMILES string of the molecule is CCOC(=O)C1=C(C)N=c2s/c(=C/c3cc(C)n(-c4ccc(Cl)cc4)c3C)c(=O)n2C1c1ccc2c(c1)OCO2. The number of ether oxygens (including phenoxy) is 3. The first kappa shape index (κ1) is 26.2. The number of fused-ring (bicyclic) bond motifs is 2. The number of thiazole rings is 1. The molecule has 0 saturated heterocycles. The standard InChI is InChI=1S/C30H26ClN3O5S/c1-5-37-29(36)26-17(3)32-30-34(27(26)19-6-11-23-24(13-19)39-15-38-23)28(35)25(40-30)14-20-12-16(2)33(18(20)4)22-9-7-21(31)8-10-22/h6-14,27H,5,15H2,1-4H3/b25-14+. The van der Waals surface area contributed by atoms with Crippen LogP contribution in [-0.2, 0) is 9.53 Å². The zero-order valence-electron chi connectivity index (χ0n) is 22.4. The Hall–Kier alpha value is -4.08. The summed E-state index contributed by atoms with van der Waals surface area (Å²) in [5, 5.41) is 0.669. The number of aryl methyl sites for hydroxylation is 1. The van der Waals surface area contributed by atoms with Gasteiger partial charge in [-0.15, -0.1) is 0 Å². The number of carbonyl (C=O) groups excluding carboxylic acids is 1. The monoisotopic (exact) mass is 575 g/mol. The lowest BCUT2D eigenvalue weighted by Crippen LogP contribution is -2.39. The third kappa shape index (κ3) is 4.35. The van der Waals surface area contributed by atoms with Gasteiger partial charge in [-0.1, -0.05) is 29.0 Å². The van der Waals surface area contributed by atoms with E-state index in [-0.39, 0.29) is 19.0 Å². The van der Waals surface area contributed by atoms with Gasteiger partial charge >= 0.3 is 5.97 Å². The lowest BCUT2D eigenvalue weighted by molar-refractivity contribution is -0.139. The van der Waals surface area contributed by atoms with Crippen LogP contribution in [0.1, 0.15) is 42.4 Å². The number of allylic oxidation sites excluding steroid dienone is 1. The quantitative estimate of drug-likeness (QED) is 0.325. The lowest BCUT2D eigenvalue weighted by atomic mass is 9.95. The topological polar surface area (TPSA) is 84.1 Å². The summed E-state index contributed by atoms with van der Waals surface area (Å²) in [6, 6.07) is 14.4. The van der Waals surface area contributed by atoms with Crippen molar-refractivity contribution in [3.05, 3.63) is 107 Å². The molecule has 0 fully saturated rings. The van der Waals surface area contributed by atoms with E-state index in [1.54, 1.807) is 24.5 Å². The van der Waals surface area contributed by atoms with Gasteiger partial charge in [0.05, 0.1) is 28.5 Å². The van der Waals surface area contributed by atoms with Crippen LogP contribution < -0.4 is 24.4 Å². The van der Waals surface area contributed by atoms with Crippen LogP contribution in [0.15, 0.2) is 69.6 Å². The second-order valence-corrected chi connectivity index (χ2v) is 11.0. The summed E-state index contributed by atoms with van der Waals surface area (Å²) in [5.41, 5.74) is 5.21. The molecule has 2 aliphatic heterocycles. The number of esters is 1. The van der Waals surface area contributed by atoms with E-state index in [2.05, 4.69) is 9.56 Å². The summed E-state index contributed by atoms with van der Waals surface area (Å²) in [5.74, 6) is 0.671. The van der Waals surface area contributed by atoms with Crippen molar-refractivity contribution in [3.63, 3.8) is 0 Å². The first-order valence-corrected chi connectivity index (χ1v) is 14.0. The second kappa shape index (κ2) is 10.1. The third-order valence-corrected chi connectivity index (χ3v) is 8.31. The summed E-state index contributed by atoms with van der Waals surface area (Å²) in [6.45, 7) is 7.88. The molecule has 4 aromatic rings. The maximum Gasteiger partial charge on any atom is 0.338 e. The Kier molecular flexibility index (Phi) is 6.64. The molecule has 1 unspecified atom stereocenters. The van der Waals surface area contributed by atoms with Gasteiger partial charge in [-0.25, -0.2) is 9.79 Å². The highest BCUT2D eigenvalue weighted by atomic mass is 35.5. The molecular formula is C30H26ClN3O5S. The zero-order valence-corrected chi connectivity index (χ0v) is 23.9. The van der Waals surface area contributed by atoms with Crippen LogP contribution in [0.2, 0.25) is 5.02 Å². The third-order valence-electron chi connectivity index (χ3n) is 7.07. The summed E-state index contributed by atoms with van der Waals surface area (Å²) in [4.78, 5) is 32.3. The van der Waals surface area contributed by atoms with Gasteiger partial charge in [0.15, 0.2) is 16.3 Å². The first-order chi connectivity index (χ1) is 19.3. The fraction of sp³-hybridized carbons (Fsp3) is 0.233. The first-order valence-electron chi connectivity index (χ1n) is 12.8. The highest BCUT2D eigenvalue weighted by molar-refractivity contribution is 7.07. The van der Waals surface area contributed by atoms with Crippen molar-refractivity contribution in [2.45, 2.75) is 33.7 Å². The Morgan fingerprint density at radius 3 is 2.62 bits per heavy atom. The molecule has 0 N–H and O–H groups in total. The minimum Gasteiger partial charge on any atom is -0.463 e. The summed E-state index contributed by atoms with van der Waals surface area (Å²) in [7, 11) is 0. The summed E-state index contributed by atoms with van der Waals surface area (Å²) in [6.07, 6.45) is 1.89. The predicted octanol–water partition coefficient (Wildman–Crippen LogP) is 4.59. The Balaban J connectivity index is 1.52. The molecule has 0 amide bonds. The van der Waals surface area contributed by atoms with E-state index in [0.717, 1.165) is 22.6 Å². The van der Waals surface area contributed by atoms with Crippen molar-refractivity contribution in [2.24, 2.45) is 4.99 Å². The number of benzene rings is 2. The van der Waals surface area contributed by atoms with Crippen LogP contribution in [0.3, 0.4) is 0 Å². The number of hydrogen-bond acceptors (Lipinski definition) is 7. The van der Waals surface area contributed by atoms with Crippen molar-refractivity contribution in [3.8, 4) is 17.2 Å². The zero-order chi connectivity index (χ0) is 28.1. The lowest BCUT2D eigenvalue weighted by Gasteiger charge is -2.24. The van der Waals surface area contributed by atoms with E-state index in [1.807, 2.05) is 62.4 Å². The molecule has 0 bridgehead atoms. The van der Waals surface area contributed by atoms with Gasteiger partial charge in [-0.3, -0.25) is 9.36 Å². The molecule has 8 nitrogen and oxygen atoms in total. The highest BCUT2D eigenvalue weighted by Crippen LogP contribution is 2.38. The van der Waals surface area contributed by atoms with E-state index < -0.39 is 12.0 Å². The Labute approximate surface area is 239 Å². The molecule has 204 valence electrons. The molecule has 4 heterocycles. The van der Waals surface area contributed by atoms with Crippen LogP contribution in [-0.4, -0.2) is 28.5 Å². The van der Waals surface area contributed by atoms with Crippen molar-refractivity contribution in [2.75, 3.05) is 13.4 Å². The number of hydrogen-bond donors (Lipinski definition) is 0. The molecule has 10 heteroatoms. The van der Waals surface area contributed by atoms with E-state index >= 15 is 0 Å². The highest BCUT2D eigenvalue weighted by Gasteiger charge is 2.34. The van der Waals surface area contributed by atoms with Gasteiger partial charge < -0.3 is 18.8 Å². The van der Waals surface area contributed by atoms with Gasteiger partial charge in [-0.05, 0) is 87.4 Å². The Bertz CT molecular complexity index is 1880. The fourth-order valence-corrected chi connectivity index (χ4v) is 6.42. The molecule has 40 heavy (non-hydrogen) atoms. The molecule has 0 saturated carbocycles. The maximum atomic E-state index is 14.0. The molecule has 2 aliphatic rings. The predicted molar refractivity (Wildman–Crippen MR) is 153 cm³/mol. The molecule has 0 aliphatic carbocycles. The van der Waals surface area contributed by atoms with Crippen molar-refractivity contribution < 1.29 is 19.0 Å². The average molecular weight is 576 g/mol. The number of aromatic nitrogens is 2. The molecule has 2 aromatic carbocycles. The van der Waals surface area contributed by atoms with E-state index in [0.29, 0.717) is 42.7 Å². The minimum absolute atomic E-state index is 0.121. The average Bonchev–Trinajstić information content (AvgIpc) is 3.59. The molecule has 6 rings (SSSR count). The van der Waals surface area contributed by atoms with Gasteiger partial charge in [0, 0.05) is 22.1 Å². The van der Waals surface area contributed by atoms with E-state index in [4.69, 9.17) is 25.8 Å².